The van der Waals surface area contributed by atoms with Crippen molar-refractivity contribution in [3.05, 3.63) is 40.6 Å². The predicted octanol–water partition coefficient (Wildman–Crippen LogP) is 3.93. The molecule has 0 saturated heterocycles. The highest BCUT2D eigenvalue weighted by molar-refractivity contribution is 5.95. The van der Waals surface area contributed by atoms with Crippen molar-refractivity contribution in [3.63, 3.8) is 0 Å². The van der Waals surface area contributed by atoms with Gasteiger partial charge in [0.05, 0.1) is 5.54 Å². The van der Waals surface area contributed by atoms with Crippen molar-refractivity contribution in [2.45, 2.75) is 47.1 Å². The molecule has 112 valence electrons. The van der Waals surface area contributed by atoms with Crippen LogP contribution >= 0.6 is 0 Å². The summed E-state index contributed by atoms with van der Waals surface area (Å²) in [6, 6.07) is 4.12. The van der Waals surface area contributed by atoms with Crippen LogP contribution in [-0.2, 0) is 5.54 Å². The van der Waals surface area contributed by atoms with Gasteiger partial charge in [-0.25, -0.2) is 4.79 Å². The third kappa shape index (κ3) is 2.84. The number of hydrogen-bond donors (Lipinski definition) is 1. The molecule has 0 amide bonds. The van der Waals surface area contributed by atoms with E-state index in [1.807, 2.05) is 41.5 Å². The molecule has 0 spiro atoms. The molecule has 0 atom stereocenters. The maximum atomic E-state index is 11.6. The van der Waals surface area contributed by atoms with E-state index >= 15 is 0 Å². The Balaban J connectivity index is 2.75. The van der Waals surface area contributed by atoms with E-state index < -0.39 is 5.97 Å². The smallest absolute Gasteiger partial charge is 0.339 e. The van der Waals surface area contributed by atoms with Crippen LogP contribution in [0.4, 0.5) is 0 Å². The zero-order valence-electron chi connectivity index (χ0n) is 13.5. The van der Waals surface area contributed by atoms with Crippen molar-refractivity contribution >= 4 is 5.97 Å². The first-order valence-corrected chi connectivity index (χ1v) is 7.03. The lowest BCUT2D eigenvalue weighted by Crippen LogP contribution is -2.22. The molecule has 0 unspecified atom stereocenters. The molecule has 4 nitrogen and oxygen atoms in total. The number of carboxylic acid groups (broad SMARTS) is 1. The van der Waals surface area contributed by atoms with Crippen molar-refractivity contribution < 1.29 is 9.90 Å². The Hall–Kier alpha value is -2.10. The first-order chi connectivity index (χ1) is 9.61. The summed E-state index contributed by atoms with van der Waals surface area (Å²) >= 11 is 0. The molecule has 21 heavy (non-hydrogen) atoms. The molecule has 2 aromatic rings. The second-order valence-electron chi connectivity index (χ2n) is 6.59. The fourth-order valence-electron chi connectivity index (χ4n) is 2.61. The van der Waals surface area contributed by atoms with E-state index in [0.29, 0.717) is 5.69 Å². The number of hydrogen-bond acceptors (Lipinski definition) is 2. The normalized spacial score (nSPS) is 11.7. The largest absolute Gasteiger partial charge is 0.478 e. The number of benzene rings is 1. The van der Waals surface area contributed by atoms with Crippen LogP contribution in [-0.4, -0.2) is 20.9 Å². The number of aryl methyl sites for hydroxylation is 3. The van der Waals surface area contributed by atoms with Gasteiger partial charge in [-0.05, 0) is 52.7 Å². The summed E-state index contributed by atoms with van der Waals surface area (Å²) in [5.74, 6) is -0.945. The second kappa shape index (κ2) is 5.02. The van der Waals surface area contributed by atoms with E-state index in [9.17, 15) is 9.90 Å². The fourth-order valence-corrected chi connectivity index (χ4v) is 2.61. The molecule has 0 aliphatic rings. The Morgan fingerprint density at radius 2 is 1.67 bits per heavy atom. The molecule has 1 heterocycles. The van der Waals surface area contributed by atoms with Gasteiger partial charge in [0.2, 0.25) is 0 Å². The SMILES string of the molecule is Cc1cc(C)c(-c2nn(C(C)(C)C)cc2C(=O)O)c(C)c1. The standard InChI is InChI=1S/C17H22N2O2/c1-10-7-11(2)14(12(3)8-10)15-13(16(20)21)9-19(18-15)17(4,5)6/h7-9H,1-6H3,(H,20,21). The minimum absolute atomic E-state index is 0.250. The maximum Gasteiger partial charge on any atom is 0.339 e. The van der Waals surface area contributed by atoms with Crippen LogP contribution in [0.3, 0.4) is 0 Å². The summed E-state index contributed by atoms with van der Waals surface area (Å²) in [6.45, 7) is 12.0. The average Bonchev–Trinajstić information content (AvgIpc) is 2.71. The summed E-state index contributed by atoms with van der Waals surface area (Å²) in [7, 11) is 0. The van der Waals surface area contributed by atoms with Gasteiger partial charge in [-0.3, -0.25) is 4.68 Å². The number of aromatic nitrogens is 2. The van der Waals surface area contributed by atoms with Gasteiger partial charge in [-0.15, -0.1) is 0 Å². The lowest BCUT2D eigenvalue weighted by atomic mass is 9.95. The third-order valence-corrected chi connectivity index (χ3v) is 3.55. The predicted molar refractivity (Wildman–Crippen MR) is 83.8 cm³/mol. The fraction of sp³-hybridized carbons (Fsp3) is 0.412. The van der Waals surface area contributed by atoms with Crippen LogP contribution in [0.1, 0.15) is 47.8 Å². The molecule has 0 aliphatic heterocycles. The van der Waals surface area contributed by atoms with Gasteiger partial charge in [0, 0.05) is 11.8 Å². The lowest BCUT2D eigenvalue weighted by Gasteiger charge is -2.19. The van der Waals surface area contributed by atoms with Gasteiger partial charge in [-0.1, -0.05) is 17.7 Å². The molecule has 4 heteroatoms. The monoisotopic (exact) mass is 286 g/mol. The highest BCUT2D eigenvalue weighted by Crippen LogP contribution is 2.31. The van der Waals surface area contributed by atoms with Crippen molar-refractivity contribution in [3.8, 4) is 11.3 Å². The topological polar surface area (TPSA) is 55.1 Å². The zero-order valence-corrected chi connectivity index (χ0v) is 13.5. The van der Waals surface area contributed by atoms with E-state index in [1.165, 1.54) is 5.56 Å². The molecule has 0 saturated carbocycles. The van der Waals surface area contributed by atoms with Gasteiger partial charge in [0.1, 0.15) is 11.3 Å². The second-order valence-corrected chi connectivity index (χ2v) is 6.59. The van der Waals surface area contributed by atoms with Crippen molar-refractivity contribution in [1.29, 1.82) is 0 Å². The highest BCUT2D eigenvalue weighted by atomic mass is 16.4. The summed E-state index contributed by atoms with van der Waals surface area (Å²) in [6.07, 6.45) is 1.62. The molecule has 0 bridgehead atoms. The Labute approximate surface area is 125 Å². The molecule has 0 fully saturated rings. The van der Waals surface area contributed by atoms with Gasteiger partial charge in [0.25, 0.3) is 0 Å². The van der Waals surface area contributed by atoms with Crippen molar-refractivity contribution in [2.75, 3.05) is 0 Å². The molecular formula is C17H22N2O2. The van der Waals surface area contributed by atoms with E-state index in [4.69, 9.17) is 0 Å². The Kier molecular flexibility index (Phi) is 3.66. The average molecular weight is 286 g/mol. The van der Waals surface area contributed by atoms with E-state index in [1.54, 1.807) is 10.9 Å². The first kappa shape index (κ1) is 15.3. The Bertz CT molecular complexity index is 683. The number of carboxylic acids is 1. The Morgan fingerprint density at radius 3 is 2.10 bits per heavy atom. The maximum absolute atomic E-state index is 11.6. The van der Waals surface area contributed by atoms with Crippen LogP contribution in [0.25, 0.3) is 11.3 Å². The lowest BCUT2D eigenvalue weighted by molar-refractivity contribution is 0.0697. The molecule has 1 N–H and O–H groups in total. The van der Waals surface area contributed by atoms with Crippen LogP contribution < -0.4 is 0 Å². The van der Waals surface area contributed by atoms with Crippen LogP contribution in [0.5, 0.6) is 0 Å². The minimum atomic E-state index is -0.945. The van der Waals surface area contributed by atoms with Crippen molar-refractivity contribution in [2.24, 2.45) is 0 Å². The van der Waals surface area contributed by atoms with E-state index in [-0.39, 0.29) is 11.1 Å². The van der Waals surface area contributed by atoms with Gasteiger partial charge < -0.3 is 5.11 Å². The van der Waals surface area contributed by atoms with E-state index in [0.717, 1.165) is 16.7 Å². The third-order valence-electron chi connectivity index (χ3n) is 3.55. The summed E-state index contributed by atoms with van der Waals surface area (Å²) in [5.41, 5.74) is 4.73. The number of aromatic carboxylic acids is 1. The molecular weight excluding hydrogens is 264 g/mol. The van der Waals surface area contributed by atoms with Gasteiger partial charge >= 0.3 is 5.97 Å². The van der Waals surface area contributed by atoms with Crippen LogP contribution in [0, 0.1) is 20.8 Å². The molecule has 1 aromatic heterocycles. The minimum Gasteiger partial charge on any atom is -0.478 e. The van der Waals surface area contributed by atoms with Crippen molar-refractivity contribution in [1.82, 2.24) is 9.78 Å². The quantitative estimate of drug-likeness (QED) is 0.910. The summed E-state index contributed by atoms with van der Waals surface area (Å²) in [5, 5.41) is 14.0. The number of rotatable bonds is 2. The van der Waals surface area contributed by atoms with Gasteiger partial charge in [0.15, 0.2) is 0 Å². The summed E-state index contributed by atoms with van der Waals surface area (Å²) < 4.78 is 1.73. The molecule has 0 aliphatic carbocycles. The van der Waals surface area contributed by atoms with Crippen LogP contribution in [0.2, 0.25) is 0 Å². The number of carbonyl (C=O) groups is 1. The molecule has 2 rings (SSSR count). The summed E-state index contributed by atoms with van der Waals surface area (Å²) in [4.78, 5) is 11.6. The van der Waals surface area contributed by atoms with E-state index in [2.05, 4.69) is 17.2 Å². The molecule has 0 radical (unpaired) electrons. The number of nitrogens with zero attached hydrogens (tertiary/aromatic N) is 2. The van der Waals surface area contributed by atoms with Gasteiger partial charge in [-0.2, -0.15) is 5.10 Å². The first-order valence-electron chi connectivity index (χ1n) is 7.03. The Morgan fingerprint density at radius 1 is 1.14 bits per heavy atom. The zero-order chi connectivity index (χ0) is 15.9. The highest BCUT2D eigenvalue weighted by Gasteiger charge is 2.24. The molecule has 1 aromatic carbocycles. The van der Waals surface area contributed by atoms with Crippen LogP contribution in [0.15, 0.2) is 18.3 Å².